The highest BCUT2D eigenvalue weighted by Crippen LogP contribution is 2.28. The molecule has 0 aliphatic carbocycles. The minimum absolute atomic E-state index is 0.185. The van der Waals surface area contributed by atoms with Crippen LogP contribution in [0.1, 0.15) is 35.0 Å². The van der Waals surface area contributed by atoms with E-state index in [-0.39, 0.29) is 11.3 Å². The molecule has 2 aromatic rings. The molecule has 0 aromatic heterocycles. The number of hydrogen-bond acceptors (Lipinski definition) is 5. The first kappa shape index (κ1) is 18.1. The number of aliphatic hydroxyl groups is 1. The van der Waals surface area contributed by atoms with Crippen molar-refractivity contribution in [2.75, 3.05) is 5.75 Å². The lowest BCUT2D eigenvalue weighted by Gasteiger charge is -2.17. The highest BCUT2D eigenvalue weighted by Gasteiger charge is 2.27. The summed E-state index contributed by atoms with van der Waals surface area (Å²) in [6, 6.07) is 12.6. The van der Waals surface area contributed by atoms with Gasteiger partial charge in [-0.05, 0) is 25.0 Å². The van der Waals surface area contributed by atoms with Crippen LogP contribution in [-0.4, -0.2) is 24.2 Å². The fourth-order valence-corrected chi connectivity index (χ4v) is 3.92. The molecule has 7 heteroatoms. The molecular formula is C17H19NO5S. The van der Waals surface area contributed by atoms with Gasteiger partial charge in [0.05, 0.1) is 22.0 Å². The van der Waals surface area contributed by atoms with E-state index < -0.39 is 31.9 Å². The summed E-state index contributed by atoms with van der Waals surface area (Å²) in [6.45, 7) is 3.45. The molecule has 2 atom stereocenters. The molecule has 0 amide bonds. The molecule has 2 rings (SSSR count). The lowest BCUT2D eigenvalue weighted by molar-refractivity contribution is -0.385. The minimum atomic E-state index is -3.63. The SMILES string of the molecule is Cc1cccc(C(C)S(=O)(=O)CC(O)c2cccc([N+](=O)[O-])c2)c1. The molecule has 128 valence electrons. The van der Waals surface area contributed by atoms with E-state index in [9.17, 15) is 23.6 Å². The number of aliphatic hydroxyl groups excluding tert-OH is 1. The third-order valence-electron chi connectivity index (χ3n) is 3.91. The average Bonchev–Trinajstić information content (AvgIpc) is 2.53. The van der Waals surface area contributed by atoms with Gasteiger partial charge in [-0.1, -0.05) is 42.0 Å². The predicted octanol–water partition coefficient (Wildman–Crippen LogP) is 3.11. The van der Waals surface area contributed by atoms with Crippen LogP contribution >= 0.6 is 0 Å². The lowest BCUT2D eigenvalue weighted by atomic mass is 10.1. The van der Waals surface area contributed by atoms with Crippen LogP contribution in [0.5, 0.6) is 0 Å². The first-order chi connectivity index (χ1) is 11.2. The van der Waals surface area contributed by atoms with Crippen molar-refractivity contribution in [1.29, 1.82) is 0 Å². The Morgan fingerprint density at radius 1 is 1.12 bits per heavy atom. The molecule has 0 heterocycles. The van der Waals surface area contributed by atoms with Crippen molar-refractivity contribution < 1.29 is 18.4 Å². The molecule has 0 radical (unpaired) electrons. The average molecular weight is 349 g/mol. The summed E-state index contributed by atoms with van der Waals surface area (Å²) >= 11 is 0. The molecule has 0 aliphatic heterocycles. The second-order valence-corrected chi connectivity index (χ2v) is 8.12. The topological polar surface area (TPSA) is 97.5 Å². The Hall–Kier alpha value is -2.25. The Balaban J connectivity index is 2.22. The Morgan fingerprint density at radius 2 is 1.75 bits per heavy atom. The summed E-state index contributed by atoms with van der Waals surface area (Å²) in [5.41, 5.74) is 1.63. The van der Waals surface area contributed by atoms with Gasteiger partial charge in [0, 0.05) is 12.1 Å². The van der Waals surface area contributed by atoms with Gasteiger partial charge >= 0.3 is 0 Å². The van der Waals surface area contributed by atoms with Gasteiger partial charge in [-0.3, -0.25) is 10.1 Å². The summed E-state index contributed by atoms with van der Waals surface area (Å²) in [5.74, 6) is -0.497. The van der Waals surface area contributed by atoms with E-state index in [1.54, 1.807) is 25.1 Å². The number of nitrogens with zero attached hydrogens (tertiary/aromatic N) is 1. The highest BCUT2D eigenvalue weighted by atomic mass is 32.2. The molecule has 1 N–H and O–H groups in total. The lowest BCUT2D eigenvalue weighted by Crippen LogP contribution is -2.19. The summed E-state index contributed by atoms with van der Waals surface area (Å²) < 4.78 is 25.1. The first-order valence-electron chi connectivity index (χ1n) is 7.41. The van der Waals surface area contributed by atoms with E-state index in [2.05, 4.69) is 0 Å². The predicted molar refractivity (Wildman–Crippen MR) is 91.4 cm³/mol. The van der Waals surface area contributed by atoms with Crippen molar-refractivity contribution in [1.82, 2.24) is 0 Å². The molecule has 0 bridgehead atoms. The normalized spacial score (nSPS) is 14.1. The maximum atomic E-state index is 12.6. The third kappa shape index (κ3) is 4.18. The van der Waals surface area contributed by atoms with E-state index in [0.717, 1.165) is 5.56 Å². The van der Waals surface area contributed by atoms with Gasteiger partial charge in [-0.25, -0.2) is 8.42 Å². The van der Waals surface area contributed by atoms with E-state index in [0.29, 0.717) is 5.56 Å². The van der Waals surface area contributed by atoms with E-state index >= 15 is 0 Å². The molecule has 0 aliphatic rings. The number of nitro groups is 1. The van der Waals surface area contributed by atoms with E-state index in [4.69, 9.17) is 0 Å². The number of sulfone groups is 1. The van der Waals surface area contributed by atoms with Crippen molar-refractivity contribution in [3.05, 3.63) is 75.3 Å². The van der Waals surface area contributed by atoms with Crippen LogP contribution in [-0.2, 0) is 9.84 Å². The van der Waals surface area contributed by atoms with Crippen molar-refractivity contribution in [2.24, 2.45) is 0 Å². The summed E-state index contributed by atoms with van der Waals surface area (Å²) in [7, 11) is -3.63. The number of benzene rings is 2. The van der Waals surface area contributed by atoms with Crippen LogP contribution in [0.2, 0.25) is 0 Å². The van der Waals surface area contributed by atoms with Crippen molar-refractivity contribution in [2.45, 2.75) is 25.2 Å². The van der Waals surface area contributed by atoms with Crippen LogP contribution in [0, 0.1) is 17.0 Å². The third-order valence-corrected chi connectivity index (χ3v) is 6.04. The van der Waals surface area contributed by atoms with Crippen molar-refractivity contribution >= 4 is 15.5 Å². The molecule has 2 unspecified atom stereocenters. The smallest absolute Gasteiger partial charge is 0.269 e. The van der Waals surface area contributed by atoms with Gasteiger partial charge in [-0.15, -0.1) is 0 Å². The molecule has 2 aromatic carbocycles. The number of aryl methyl sites for hydroxylation is 1. The monoisotopic (exact) mass is 349 g/mol. The van der Waals surface area contributed by atoms with Gasteiger partial charge in [-0.2, -0.15) is 0 Å². The fourth-order valence-electron chi connectivity index (χ4n) is 2.44. The van der Waals surface area contributed by atoms with Crippen LogP contribution in [0.25, 0.3) is 0 Å². The zero-order valence-electron chi connectivity index (χ0n) is 13.4. The molecule has 24 heavy (non-hydrogen) atoms. The number of nitro benzene ring substituents is 1. The molecular weight excluding hydrogens is 330 g/mol. The summed E-state index contributed by atoms with van der Waals surface area (Å²) in [5, 5.41) is 20.2. The standard InChI is InChI=1S/C17H19NO5S/c1-12-5-3-6-14(9-12)13(2)24(22,23)11-17(19)15-7-4-8-16(10-15)18(20)21/h3-10,13,17,19H,11H2,1-2H3. The zero-order valence-corrected chi connectivity index (χ0v) is 14.2. The van der Waals surface area contributed by atoms with Crippen LogP contribution in [0.3, 0.4) is 0 Å². The van der Waals surface area contributed by atoms with Gasteiger partial charge < -0.3 is 5.11 Å². The van der Waals surface area contributed by atoms with E-state index in [1.807, 2.05) is 13.0 Å². The second kappa shape index (κ2) is 7.11. The summed E-state index contributed by atoms with van der Waals surface area (Å²) in [4.78, 5) is 10.2. The minimum Gasteiger partial charge on any atom is -0.387 e. The molecule has 6 nitrogen and oxygen atoms in total. The van der Waals surface area contributed by atoms with Crippen molar-refractivity contribution in [3.63, 3.8) is 0 Å². The van der Waals surface area contributed by atoms with Crippen LogP contribution < -0.4 is 0 Å². The second-order valence-electron chi connectivity index (χ2n) is 5.75. The maximum absolute atomic E-state index is 12.6. The van der Waals surface area contributed by atoms with Gasteiger partial charge in [0.25, 0.3) is 5.69 Å². The zero-order chi connectivity index (χ0) is 17.9. The quantitative estimate of drug-likeness (QED) is 0.638. The molecule has 0 fully saturated rings. The van der Waals surface area contributed by atoms with Gasteiger partial charge in [0.15, 0.2) is 9.84 Å². The first-order valence-corrected chi connectivity index (χ1v) is 9.13. The van der Waals surface area contributed by atoms with E-state index in [1.165, 1.54) is 24.3 Å². The molecule has 0 spiro atoms. The Kier molecular flexibility index (Phi) is 5.36. The van der Waals surface area contributed by atoms with Crippen LogP contribution in [0.4, 0.5) is 5.69 Å². The fraction of sp³-hybridized carbons (Fsp3) is 0.294. The Bertz CT molecular complexity index is 848. The molecule has 0 saturated heterocycles. The van der Waals surface area contributed by atoms with Gasteiger partial charge in [0.1, 0.15) is 0 Å². The Labute approximate surface area is 140 Å². The number of rotatable bonds is 6. The van der Waals surface area contributed by atoms with Crippen LogP contribution in [0.15, 0.2) is 48.5 Å². The summed E-state index contributed by atoms with van der Waals surface area (Å²) in [6.07, 6.45) is -1.32. The maximum Gasteiger partial charge on any atom is 0.269 e. The van der Waals surface area contributed by atoms with Crippen molar-refractivity contribution in [3.8, 4) is 0 Å². The largest absolute Gasteiger partial charge is 0.387 e. The highest BCUT2D eigenvalue weighted by molar-refractivity contribution is 7.91. The van der Waals surface area contributed by atoms with Gasteiger partial charge in [0.2, 0.25) is 0 Å². The molecule has 0 saturated carbocycles. The number of non-ortho nitro benzene ring substituents is 1. The number of hydrogen-bond donors (Lipinski definition) is 1. The Morgan fingerprint density at radius 3 is 2.38 bits per heavy atom.